The molecule has 202 valence electrons. The standard InChI is InChI=1S/C32H28BrN3O3S/c1-21-11-13-23(14-12-21)19-29(36-31(38)24-7-4-3-5-8-24)32(39)35-27-9-6-10-28(20-27)40-22(2)30(37)34-26-17-15-25(33)16-18-26/h3-20,22H,1-2H3,(H,34,37)(H,35,39)(H,36,38)/b29-19-. The van der Waals surface area contributed by atoms with E-state index in [0.717, 1.165) is 20.5 Å². The summed E-state index contributed by atoms with van der Waals surface area (Å²) in [4.78, 5) is 39.7. The molecule has 4 aromatic carbocycles. The van der Waals surface area contributed by atoms with Crippen molar-refractivity contribution in [2.75, 3.05) is 10.6 Å². The van der Waals surface area contributed by atoms with Crippen LogP contribution in [0.15, 0.2) is 118 Å². The third-order valence-electron chi connectivity index (χ3n) is 5.80. The second-order valence-corrected chi connectivity index (χ2v) is 11.4. The van der Waals surface area contributed by atoms with Gasteiger partial charge >= 0.3 is 0 Å². The zero-order chi connectivity index (χ0) is 28.5. The first kappa shape index (κ1) is 28.9. The SMILES string of the molecule is Cc1ccc(/C=C(\NC(=O)c2ccccc2)C(=O)Nc2cccc(SC(C)C(=O)Nc3ccc(Br)cc3)c2)cc1. The molecule has 0 saturated carbocycles. The van der Waals surface area contributed by atoms with Crippen LogP contribution in [0.3, 0.4) is 0 Å². The highest BCUT2D eigenvalue weighted by atomic mass is 79.9. The van der Waals surface area contributed by atoms with Crippen LogP contribution in [-0.4, -0.2) is 23.0 Å². The van der Waals surface area contributed by atoms with Crippen molar-refractivity contribution in [2.45, 2.75) is 24.0 Å². The summed E-state index contributed by atoms with van der Waals surface area (Å²) in [7, 11) is 0. The zero-order valence-electron chi connectivity index (χ0n) is 22.0. The van der Waals surface area contributed by atoms with Gasteiger partial charge in [-0.25, -0.2) is 0 Å². The molecule has 0 spiro atoms. The first-order valence-corrected chi connectivity index (χ1v) is 14.2. The van der Waals surface area contributed by atoms with Crippen LogP contribution in [0.5, 0.6) is 0 Å². The molecule has 40 heavy (non-hydrogen) atoms. The van der Waals surface area contributed by atoms with Gasteiger partial charge in [-0.2, -0.15) is 0 Å². The second-order valence-electron chi connectivity index (χ2n) is 9.03. The molecule has 0 aliphatic heterocycles. The predicted octanol–water partition coefficient (Wildman–Crippen LogP) is 7.29. The van der Waals surface area contributed by atoms with Gasteiger partial charge < -0.3 is 16.0 Å². The van der Waals surface area contributed by atoms with E-state index < -0.39 is 5.91 Å². The van der Waals surface area contributed by atoms with Gasteiger partial charge in [0.25, 0.3) is 11.8 Å². The maximum atomic E-state index is 13.4. The molecule has 1 unspecified atom stereocenters. The number of halogens is 1. The highest BCUT2D eigenvalue weighted by Gasteiger charge is 2.17. The summed E-state index contributed by atoms with van der Waals surface area (Å²) in [6, 6.07) is 31.0. The molecule has 4 rings (SSSR count). The molecule has 0 aliphatic carbocycles. The maximum Gasteiger partial charge on any atom is 0.272 e. The van der Waals surface area contributed by atoms with Gasteiger partial charge in [-0.3, -0.25) is 14.4 Å². The van der Waals surface area contributed by atoms with E-state index in [-0.39, 0.29) is 22.8 Å². The Hall–Kier alpha value is -4.14. The minimum atomic E-state index is -0.465. The summed E-state index contributed by atoms with van der Waals surface area (Å²) < 4.78 is 0.934. The Morgan fingerprint density at radius 3 is 2.20 bits per heavy atom. The molecule has 0 aliphatic rings. The van der Waals surface area contributed by atoms with Gasteiger partial charge in [-0.1, -0.05) is 70.0 Å². The fourth-order valence-corrected chi connectivity index (χ4v) is 4.84. The van der Waals surface area contributed by atoms with E-state index in [1.54, 1.807) is 42.5 Å². The fourth-order valence-electron chi connectivity index (χ4n) is 3.65. The van der Waals surface area contributed by atoms with Crippen molar-refractivity contribution in [3.63, 3.8) is 0 Å². The van der Waals surface area contributed by atoms with Crippen molar-refractivity contribution in [3.05, 3.63) is 130 Å². The van der Waals surface area contributed by atoms with E-state index in [1.165, 1.54) is 11.8 Å². The van der Waals surface area contributed by atoms with Crippen molar-refractivity contribution < 1.29 is 14.4 Å². The summed E-state index contributed by atoms with van der Waals surface area (Å²) in [5.74, 6) is -0.981. The lowest BCUT2D eigenvalue weighted by atomic mass is 10.1. The molecule has 0 heterocycles. The summed E-state index contributed by atoms with van der Waals surface area (Å²) in [5, 5.41) is 8.17. The van der Waals surface area contributed by atoms with E-state index in [0.29, 0.717) is 16.9 Å². The molecule has 3 amide bonds. The van der Waals surface area contributed by atoms with Gasteiger partial charge in [0, 0.05) is 26.3 Å². The van der Waals surface area contributed by atoms with Crippen molar-refractivity contribution in [1.29, 1.82) is 0 Å². The van der Waals surface area contributed by atoms with Crippen LogP contribution in [0.25, 0.3) is 6.08 Å². The molecule has 4 aromatic rings. The van der Waals surface area contributed by atoms with Crippen LogP contribution in [-0.2, 0) is 9.59 Å². The molecule has 0 fully saturated rings. The Morgan fingerprint density at radius 1 is 0.800 bits per heavy atom. The Kier molecular flexibility index (Phi) is 9.94. The van der Waals surface area contributed by atoms with Crippen LogP contribution < -0.4 is 16.0 Å². The van der Waals surface area contributed by atoms with E-state index in [4.69, 9.17) is 0 Å². The van der Waals surface area contributed by atoms with Gasteiger partial charge in [0.2, 0.25) is 5.91 Å². The van der Waals surface area contributed by atoms with Crippen LogP contribution in [0.1, 0.15) is 28.4 Å². The number of amides is 3. The lowest BCUT2D eigenvalue weighted by Gasteiger charge is -2.14. The number of benzene rings is 4. The van der Waals surface area contributed by atoms with E-state index in [1.807, 2.05) is 80.6 Å². The summed E-state index contributed by atoms with van der Waals surface area (Å²) in [6.07, 6.45) is 1.64. The topological polar surface area (TPSA) is 87.3 Å². The highest BCUT2D eigenvalue weighted by Crippen LogP contribution is 2.27. The number of anilines is 2. The van der Waals surface area contributed by atoms with E-state index >= 15 is 0 Å². The fraction of sp³-hybridized carbons (Fsp3) is 0.0938. The molecule has 0 saturated heterocycles. The molecule has 6 nitrogen and oxygen atoms in total. The third kappa shape index (κ3) is 8.43. The van der Waals surface area contributed by atoms with Gasteiger partial charge in [-0.15, -0.1) is 11.8 Å². The van der Waals surface area contributed by atoms with Crippen LogP contribution in [0.4, 0.5) is 11.4 Å². The predicted molar refractivity (Wildman–Crippen MR) is 166 cm³/mol. The van der Waals surface area contributed by atoms with Crippen molar-refractivity contribution in [1.82, 2.24) is 5.32 Å². The number of thioether (sulfide) groups is 1. The number of carbonyl (C=O) groups is 3. The van der Waals surface area contributed by atoms with E-state index in [9.17, 15) is 14.4 Å². The molecule has 0 radical (unpaired) electrons. The Balaban J connectivity index is 1.47. The molecule has 0 aromatic heterocycles. The first-order valence-electron chi connectivity index (χ1n) is 12.6. The normalized spacial score (nSPS) is 11.8. The lowest BCUT2D eigenvalue weighted by molar-refractivity contribution is -0.115. The number of nitrogens with one attached hydrogen (secondary N) is 3. The molecule has 1 atom stereocenters. The third-order valence-corrected chi connectivity index (χ3v) is 7.43. The van der Waals surface area contributed by atoms with Crippen molar-refractivity contribution in [2.24, 2.45) is 0 Å². The first-order chi connectivity index (χ1) is 19.3. The number of hydrogen-bond acceptors (Lipinski definition) is 4. The van der Waals surface area contributed by atoms with Crippen LogP contribution >= 0.6 is 27.7 Å². The number of rotatable bonds is 9. The minimum Gasteiger partial charge on any atom is -0.325 e. The average Bonchev–Trinajstić information content (AvgIpc) is 2.95. The van der Waals surface area contributed by atoms with Gasteiger partial charge in [0.05, 0.1) is 5.25 Å². The molecular weight excluding hydrogens is 586 g/mol. The van der Waals surface area contributed by atoms with Crippen LogP contribution in [0.2, 0.25) is 0 Å². The Bertz CT molecular complexity index is 1520. The van der Waals surface area contributed by atoms with Crippen molar-refractivity contribution >= 4 is 62.9 Å². The van der Waals surface area contributed by atoms with Gasteiger partial charge in [0.1, 0.15) is 5.70 Å². The second kappa shape index (κ2) is 13.8. The molecule has 8 heteroatoms. The smallest absolute Gasteiger partial charge is 0.272 e. The van der Waals surface area contributed by atoms with E-state index in [2.05, 4.69) is 31.9 Å². The number of hydrogen-bond donors (Lipinski definition) is 3. The largest absolute Gasteiger partial charge is 0.325 e. The van der Waals surface area contributed by atoms with Gasteiger partial charge in [-0.05, 0) is 80.1 Å². The Morgan fingerprint density at radius 2 is 1.50 bits per heavy atom. The van der Waals surface area contributed by atoms with Crippen LogP contribution in [0, 0.1) is 6.92 Å². The van der Waals surface area contributed by atoms with Crippen molar-refractivity contribution in [3.8, 4) is 0 Å². The zero-order valence-corrected chi connectivity index (χ0v) is 24.4. The summed E-state index contributed by atoms with van der Waals surface area (Å²) in [6.45, 7) is 3.81. The molecular formula is C32H28BrN3O3S. The maximum absolute atomic E-state index is 13.4. The average molecular weight is 615 g/mol. The summed E-state index contributed by atoms with van der Waals surface area (Å²) in [5.41, 5.74) is 3.67. The van der Waals surface area contributed by atoms with Gasteiger partial charge in [0.15, 0.2) is 0 Å². The quantitative estimate of drug-likeness (QED) is 0.137. The molecule has 0 bridgehead atoms. The highest BCUT2D eigenvalue weighted by molar-refractivity contribution is 9.10. The number of carbonyl (C=O) groups excluding carboxylic acids is 3. The monoisotopic (exact) mass is 613 g/mol. The number of aryl methyl sites for hydroxylation is 1. The Labute approximate surface area is 246 Å². The summed E-state index contributed by atoms with van der Waals surface area (Å²) >= 11 is 4.77. The molecule has 3 N–H and O–H groups in total. The lowest BCUT2D eigenvalue weighted by Crippen LogP contribution is -2.30. The minimum absolute atomic E-state index is 0.109.